The number of carboxylic acid groups (broad SMARTS) is 1. The first-order chi connectivity index (χ1) is 20.7. The molecule has 1 aliphatic carbocycles. The number of aromatic hydroxyl groups is 1. The molecule has 0 saturated carbocycles. The van der Waals surface area contributed by atoms with Crippen molar-refractivity contribution in [2.45, 2.75) is 70.7 Å². The number of amides is 2. The Morgan fingerprint density at radius 2 is 1.81 bits per heavy atom. The molecule has 5 rings (SSSR count). The van der Waals surface area contributed by atoms with Gasteiger partial charge < -0.3 is 25.0 Å². The van der Waals surface area contributed by atoms with Crippen LogP contribution in [0.3, 0.4) is 0 Å². The number of likely N-dealkylation sites (tertiary alicyclic amines) is 1. The second-order valence-electron chi connectivity index (χ2n) is 11.9. The number of phenolic OH excluding ortho intramolecular Hbond substituents is 1. The molecule has 2 aromatic carbocycles. The van der Waals surface area contributed by atoms with Gasteiger partial charge in [0.05, 0.1) is 24.5 Å². The molecule has 2 aromatic rings. The summed E-state index contributed by atoms with van der Waals surface area (Å²) >= 11 is 0. The van der Waals surface area contributed by atoms with E-state index in [-0.39, 0.29) is 43.5 Å². The second-order valence-corrected chi connectivity index (χ2v) is 11.9. The summed E-state index contributed by atoms with van der Waals surface area (Å²) in [6, 6.07) is 11.3. The topological polar surface area (TPSA) is 145 Å². The number of aliphatic hydroxyl groups excluding tert-OH is 1. The van der Waals surface area contributed by atoms with Crippen molar-refractivity contribution >= 4 is 41.8 Å². The Morgan fingerprint density at radius 3 is 2.53 bits per heavy atom. The van der Waals surface area contributed by atoms with Crippen LogP contribution >= 0.6 is 0 Å². The molecule has 2 amide bonds. The first kappa shape index (κ1) is 31.0. The Kier molecular flexibility index (Phi) is 9.69. The van der Waals surface area contributed by atoms with Crippen molar-refractivity contribution in [1.82, 2.24) is 4.90 Å². The number of hydrogen-bond donors (Lipinski definition) is 4. The van der Waals surface area contributed by atoms with Gasteiger partial charge in [-0.05, 0) is 78.9 Å². The molecule has 2 aliphatic heterocycles. The Morgan fingerprint density at radius 1 is 1.05 bits per heavy atom. The fourth-order valence-electron chi connectivity index (χ4n) is 7.24. The molecule has 4 N–H and O–H groups in total. The highest BCUT2D eigenvalue weighted by molar-refractivity contribution is 6.43. The van der Waals surface area contributed by atoms with Crippen molar-refractivity contribution in [3.05, 3.63) is 58.7 Å². The lowest BCUT2D eigenvalue weighted by Crippen LogP contribution is -2.46. The van der Waals surface area contributed by atoms with Gasteiger partial charge in [0.25, 0.3) is 0 Å². The maximum absolute atomic E-state index is 13.6. The summed E-state index contributed by atoms with van der Waals surface area (Å²) in [7, 11) is -1.08. The molecule has 9 nitrogen and oxygen atoms in total. The third kappa shape index (κ3) is 6.42. The zero-order valence-electron chi connectivity index (χ0n) is 24.6. The van der Waals surface area contributed by atoms with E-state index in [1.165, 1.54) is 4.90 Å². The molecule has 0 bridgehead atoms. The number of fused-ring (bicyclic) bond motifs is 4. The highest BCUT2D eigenvalue weighted by atomic mass is 16.5. The number of carbonyl (C=O) groups excluding carboxylic acids is 2. The number of carbonyl (C=O) groups is 3. The minimum atomic E-state index is -1.08. The van der Waals surface area contributed by atoms with E-state index in [1.807, 2.05) is 30.3 Å². The average Bonchev–Trinajstić information content (AvgIpc) is 3.24. The largest absolute Gasteiger partial charge is 0.507 e. The Labute approximate surface area is 252 Å². The predicted molar refractivity (Wildman–Crippen MR) is 163 cm³/mol. The van der Waals surface area contributed by atoms with Crippen LogP contribution in [0.1, 0.15) is 63.9 Å². The van der Waals surface area contributed by atoms with Gasteiger partial charge in [0.15, 0.2) is 0 Å². The van der Waals surface area contributed by atoms with E-state index in [2.05, 4.69) is 13.0 Å². The normalized spacial score (nSPS) is 24.1. The van der Waals surface area contributed by atoms with Gasteiger partial charge in [0.1, 0.15) is 5.75 Å². The van der Waals surface area contributed by atoms with Crippen molar-refractivity contribution in [3.63, 3.8) is 0 Å². The molecule has 10 heteroatoms. The van der Waals surface area contributed by atoms with E-state index < -0.39 is 36.9 Å². The van der Waals surface area contributed by atoms with Crippen molar-refractivity contribution in [1.29, 1.82) is 0 Å². The Bertz CT molecular complexity index is 1450. The first-order valence-electron chi connectivity index (χ1n) is 15.4. The third-order valence-electron chi connectivity index (χ3n) is 9.34. The number of imide groups is 1. The van der Waals surface area contributed by atoms with Crippen LogP contribution < -0.4 is 0 Å². The highest BCUT2D eigenvalue weighted by Crippen LogP contribution is 2.50. The van der Waals surface area contributed by atoms with Gasteiger partial charge in [-0.15, -0.1) is 0 Å². The number of rotatable bonds is 12. The van der Waals surface area contributed by atoms with E-state index in [9.17, 15) is 29.6 Å². The number of carboxylic acids is 1. The monoisotopic (exact) mass is 589 g/mol. The number of hydrogen-bond acceptors (Lipinski definition) is 7. The van der Waals surface area contributed by atoms with Gasteiger partial charge in [-0.25, -0.2) is 0 Å². The van der Waals surface area contributed by atoms with Crippen LogP contribution in [0.15, 0.2) is 53.1 Å². The summed E-state index contributed by atoms with van der Waals surface area (Å²) in [5.74, 6) is -2.67. The molecule has 0 aromatic heterocycles. The first-order valence-corrected chi connectivity index (χ1v) is 15.4. The molecule has 2 heterocycles. The average molecular weight is 589 g/mol. The van der Waals surface area contributed by atoms with Gasteiger partial charge in [0.2, 0.25) is 11.8 Å². The van der Waals surface area contributed by atoms with E-state index in [0.717, 1.165) is 39.5 Å². The van der Waals surface area contributed by atoms with E-state index in [0.29, 0.717) is 38.5 Å². The number of aliphatic hydroxyl groups is 1. The van der Waals surface area contributed by atoms with Crippen molar-refractivity contribution in [2.24, 2.45) is 17.8 Å². The van der Waals surface area contributed by atoms with Crippen LogP contribution in [-0.2, 0) is 19.0 Å². The summed E-state index contributed by atoms with van der Waals surface area (Å²) < 4.78 is 6.04. The third-order valence-corrected chi connectivity index (χ3v) is 9.34. The number of aliphatic carboxylic acids is 1. The number of nitrogens with zero attached hydrogens (tertiary/aromatic N) is 1. The lowest BCUT2D eigenvalue weighted by molar-refractivity contribution is -0.141. The lowest BCUT2D eigenvalue weighted by Gasteiger charge is -2.43. The van der Waals surface area contributed by atoms with Crippen LogP contribution in [0.2, 0.25) is 6.32 Å². The molecule has 3 aliphatic rings. The fraction of sp³-hybridized carbons (Fsp3) is 0.485. The zero-order valence-corrected chi connectivity index (χ0v) is 24.6. The molecular formula is C33H40BNO8. The summed E-state index contributed by atoms with van der Waals surface area (Å²) in [6.45, 7) is 2.09. The molecule has 0 unspecified atom stereocenters. The summed E-state index contributed by atoms with van der Waals surface area (Å²) in [5.41, 5.74) is 3.74. The summed E-state index contributed by atoms with van der Waals surface area (Å²) in [5, 5.41) is 42.0. The van der Waals surface area contributed by atoms with Crippen molar-refractivity contribution in [2.75, 3.05) is 13.2 Å². The maximum atomic E-state index is 13.6. The van der Waals surface area contributed by atoms with Gasteiger partial charge in [-0.1, -0.05) is 55.3 Å². The van der Waals surface area contributed by atoms with E-state index in [4.69, 9.17) is 9.76 Å². The molecule has 0 spiro atoms. The van der Waals surface area contributed by atoms with Crippen LogP contribution in [0, 0.1) is 17.8 Å². The van der Waals surface area contributed by atoms with Gasteiger partial charge in [-0.3, -0.25) is 19.3 Å². The molecule has 228 valence electrons. The number of benzene rings is 2. The zero-order chi connectivity index (χ0) is 30.7. The predicted octanol–water partition coefficient (Wildman–Crippen LogP) is 4.55. The van der Waals surface area contributed by atoms with Crippen LogP contribution in [-0.4, -0.2) is 69.4 Å². The molecule has 4 atom stereocenters. The van der Waals surface area contributed by atoms with Crippen LogP contribution in [0.4, 0.5) is 0 Å². The minimum absolute atomic E-state index is 0.0576. The van der Waals surface area contributed by atoms with Gasteiger partial charge in [0, 0.05) is 18.4 Å². The molecule has 2 saturated heterocycles. The minimum Gasteiger partial charge on any atom is -0.507 e. The molecule has 2 fully saturated rings. The smallest absolute Gasteiger partial charge is 0.455 e. The van der Waals surface area contributed by atoms with Gasteiger partial charge in [-0.2, -0.15) is 0 Å². The number of unbranched alkanes of at least 4 members (excludes halogenated alkanes) is 2. The molecular weight excluding hydrogens is 549 g/mol. The molecule has 0 radical (unpaired) electrons. The highest BCUT2D eigenvalue weighted by Gasteiger charge is 2.57. The second kappa shape index (κ2) is 13.4. The van der Waals surface area contributed by atoms with Crippen LogP contribution in [0.25, 0.3) is 16.8 Å². The van der Waals surface area contributed by atoms with Gasteiger partial charge >= 0.3 is 13.1 Å². The number of phenols is 1. The van der Waals surface area contributed by atoms with E-state index in [1.54, 1.807) is 6.07 Å². The van der Waals surface area contributed by atoms with Crippen molar-refractivity contribution in [3.8, 4) is 5.75 Å². The van der Waals surface area contributed by atoms with Crippen LogP contribution in [0.5, 0.6) is 5.75 Å². The number of allylic oxidation sites excluding steroid dienone is 1. The quantitative estimate of drug-likeness (QED) is 0.122. The Hall–Kier alpha value is -3.47. The van der Waals surface area contributed by atoms with E-state index >= 15 is 0 Å². The lowest BCUT2D eigenvalue weighted by atomic mass is 9.58. The SMILES string of the molecule is CC/C(=C\c1ccc(O)c2ccccc12)CC[C@H]1OB(O)C[C@H]2C1=C(CO)C[C@H]1C(=O)N(CCCCCC(=O)O)C(=O)[C@H]12. The maximum Gasteiger partial charge on any atom is 0.455 e. The summed E-state index contributed by atoms with van der Waals surface area (Å²) in [6.07, 6.45) is 5.83. The summed E-state index contributed by atoms with van der Waals surface area (Å²) in [4.78, 5) is 39.1. The fourth-order valence-corrected chi connectivity index (χ4v) is 7.24. The van der Waals surface area contributed by atoms with Crippen molar-refractivity contribution < 1.29 is 39.4 Å². The molecule has 43 heavy (non-hydrogen) atoms. The Balaban J connectivity index is 1.34. The standard InChI is InChI=1S/C33H40BNO8/c1-2-20(16-21-12-13-27(37)24-9-6-5-8-23(21)24)11-14-28-30-22(19-36)17-25-31(26(30)18-34(42)43-28)33(41)35(32(25)40)15-7-3-4-10-29(38)39/h5-6,8-9,12-13,16,25-26,28,31,36-37,42H,2-4,7,10-11,14-15,17-19H2,1H3,(H,38,39)/b20-16+/t25-,26+,28-,31-/m1/s1.